The van der Waals surface area contributed by atoms with Crippen LogP contribution in [0.4, 0.5) is 0 Å². The van der Waals surface area contributed by atoms with Crippen molar-refractivity contribution in [1.29, 1.82) is 0 Å². The lowest BCUT2D eigenvalue weighted by molar-refractivity contribution is -0.123. The van der Waals surface area contributed by atoms with E-state index in [1.54, 1.807) is 36.4 Å². The number of nitrogens with zero attached hydrogens (tertiary/aromatic N) is 2. The number of hydrogen-bond donors (Lipinski definition) is 4. The van der Waals surface area contributed by atoms with E-state index in [-0.39, 0.29) is 72.6 Å². The normalized spacial score (nSPS) is 14.8. The molecule has 2 atom stereocenters. The molecule has 0 saturated carbocycles. The molecule has 0 spiro atoms. The Morgan fingerprint density at radius 2 is 0.629 bits per heavy atom. The molecule has 2 heterocycles. The molecule has 4 aromatic rings. The van der Waals surface area contributed by atoms with Crippen molar-refractivity contribution in [2.24, 2.45) is 0 Å². The molecule has 2 aliphatic heterocycles. The third kappa shape index (κ3) is 39.0. The van der Waals surface area contributed by atoms with Gasteiger partial charge in [0.05, 0.1) is 195 Å². The Bertz CT molecular complexity index is 3250. The number of amides is 2. The third-order valence-electron chi connectivity index (χ3n) is 15.8. The van der Waals surface area contributed by atoms with Gasteiger partial charge in [0.25, 0.3) is 0 Å². The van der Waals surface area contributed by atoms with Gasteiger partial charge in [-0.15, -0.1) is 0 Å². The molecular formula is C72H110Cl4N6O21S2. The fourth-order valence-electron chi connectivity index (χ4n) is 10.6. The Hall–Kier alpha value is -3.88. The molecule has 33 heteroatoms. The molecule has 27 nitrogen and oxygen atoms in total. The first-order valence-electron chi connectivity index (χ1n) is 35.6. The number of sulfonamides is 2. The van der Waals surface area contributed by atoms with Crippen molar-refractivity contribution in [2.75, 3.05) is 252 Å². The lowest BCUT2D eigenvalue weighted by atomic mass is 9.85. The molecule has 4 N–H and O–H groups in total. The lowest BCUT2D eigenvalue weighted by Gasteiger charge is -2.33. The van der Waals surface area contributed by atoms with E-state index in [0.29, 0.717) is 218 Å². The van der Waals surface area contributed by atoms with Gasteiger partial charge in [-0.05, 0) is 110 Å². The fraction of sp³-hybridized carbons (Fsp3) is 0.639. The number of carbonyl (C=O) groups is 2. The van der Waals surface area contributed by atoms with Crippen molar-refractivity contribution in [2.45, 2.75) is 61.4 Å². The molecule has 105 heavy (non-hydrogen) atoms. The molecule has 0 saturated heterocycles. The molecule has 0 radical (unpaired) electrons. The van der Waals surface area contributed by atoms with Crippen LogP contribution in [0, 0.1) is 0 Å². The van der Waals surface area contributed by atoms with Crippen molar-refractivity contribution >= 4 is 78.3 Å². The zero-order valence-corrected chi connectivity index (χ0v) is 65.8. The van der Waals surface area contributed by atoms with E-state index in [0.717, 1.165) is 59.6 Å². The van der Waals surface area contributed by atoms with Crippen molar-refractivity contribution in [3.8, 4) is 0 Å². The summed E-state index contributed by atoms with van der Waals surface area (Å²) in [7, 11) is -3.34. The predicted octanol–water partition coefficient (Wildman–Crippen LogP) is 7.00. The van der Waals surface area contributed by atoms with Gasteiger partial charge in [-0.3, -0.25) is 9.59 Å². The zero-order chi connectivity index (χ0) is 75.6. The first-order chi connectivity index (χ1) is 50.9. The maximum atomic E-state index is 12.9. The van der Waals surface area contributed by atoms with Crippen LogP contribution in [0.25, 0.3) is 0 Å². The molecule has 0 aliphatic carbocycles. The summed E-state index contributed by atoms with van der Waals surface area (Å²) < 4.78 is 138. The van der Waals surface area contributed by atoms with E-state index in [4.69, 9.17) is 117 Å². The summed E-state index contributed by atoms with van der Waals surface area (Å²) in [5.41, 5.74) is 6.19. The van der Waals surface area contributed by atoms with E-state index in [2.05, 4.69) is 29.9 Å². The highest BCUT2D eigenvalue weighted by Gasteiger charge is 2.30. The Labute approximate surface area is 641 Å². The number of rotatable bonds is 59. The van der Waals surface area contributed by atoms with E-state index in [1.165, 1.54) is 0 Å². The van der Waals surface area contributed by atoms with Crippen LogP contribution >= 0.6 is 46.4 Å². The van der Waals surface area contributed by atoms with Gasteiger partial charge < -0.3 is 91.5 Å². The smallest absolute Gasteiger partial charge is 0.240 e. The third-order valence-corrected chi connectivity index (χ3v) is 19.9. The highest BCUT2D eigenvalue weighted by Crippen LogP contribution is 2.40. The van der Waals surface area contributed by atoms with Crippen LogP contribution in [0.1, 0.15) is 71.9 Å². The average Bonchev–Trinajstić information content (AvgIpc) is 0.780. The van der Waals surface area contributed by atoms with Crippen LogP contribution in [-0.2, 0) is 114 Å². The zero-order valence-electron chi connectivity index (χ0n) is 61.2. The molecule has 0 aromatic heterocycles. The number of carbonyl (C=O) groups excluding carboxylic acids is 2. The Morgan fingerprint density at radius 3 is 0.914 bits per heavy atom. The molecule has 594 valence electrons. The highest BCUT2D eigenvalue weighted by atomic mass is 35.5. The van der Waals surface area contributed by atoms with E-state index in [9.17, 15) is 26.4 Å². The Balaban J connectivity index is 0.000000383. The van der Waals surface area contributed by atoms with E-state index in [1.807, 2.05) is 64.3 Å². The quantitative estimate of drug-likeness (QED) is 0.0323. The molecule has 0 bridgehead atoms. The number of fused-ring (bicyclic) bond motifs is 2. The van der Waals surface area contributed by atoms with Crippen molar-refractivity contribution < 1.29 is 97.5 Å². The van der Waals surface area contributed by atoms with Gasteiger partial charge >= 0.3 is 0 Å². The topological polar surface area (TPSA) is 295 Å². The highest BCUT2D eigenvalue weighted by molar-refractivity contribution is 7.89. The summed E-state index contributed by atoms with van der Waals surface area (Å²) >= 11 is 25.6. The minimum Gasteiger partial charge on any atom is -0.379 e. The summed E-state index contributed by atoms with van der Waals surface area (Å²) in [5.74, 6) is -0.172. The number of likely N-dealkylation sites (N-methyl/N-ethyl adjacent to an activating group) is 2. The van der Waals surface area contributed by atoms with Crippen LogP contribution in [0.15, 0.2) is 82.6 Å². The number of ether oxygens (including phenoxy) is 15. The second kappa shape index (κ2) is 55.5. The van der Waals surface area contributed by atoms with Crippen LogP contribution in [0.5, 0.6) is 0 Å². The Kier molecular flexibility index (Phi) is 48.5. The van der Waals surface area contributed by atoms with Gasteiger partial charge in [-0.2, -0.15) is 0 Å². The average molecular weight is 1600 g/mol. The maximum absolute atomic E-state index is 12.9. The predicted molar refractivity (Wildman–Crippen MR) is 401 cm³/mol. The maximum Gasteiger partial charge on any atom is 0.240 e. The van der Waals surface area contributed by atoms with Crippen molar-refractivity contribution in [1.82, 2.24) is 29.9 Å². The number of benzene rings is 4. The minimum atomic E-state index is -3.71. The summed E-state index contributed by atoms with van der Waals surface area (Å²) in [6.07, 6.45) is 0.525. The number of halogens is 4. The monoisotopic (exact) mass is 1600 g/mol. The number of hydrogen-bond acceptors (Lipinski definition) is 23. The van der Waals surface area contributed by atoms with E-state index < -0.39 is 20.0 Å². The second-order valence-corrected chi connectivity index (χ2v) is 29.1. The van der Waals surface area contributed by atoms with Gasteiger partial charge in [0.2, 0.25) is 31.9 Å². The van der Waals surface area contributed by atoms with Crippen LogP contribution in [-0.4, -0.2) is 290 Å². The molecule has 2 amide bonds. The SMILES string of the molecule is CCOCCOCCOCCC(=O)NCCOCCOCCOCCNS(=O)(=O)c1ccc(C2CN(C)Cc3c(Cl)cc(Cl)cc32)cc1.CCOCCOCCOCCOCCOCCOCCC(=O)NCCOCCOCCOCCNS(=O)(=O)c1ccc(C2CN(C)Cc3c(Cl)cc(Cl)cc32)cc1. The van der Waals surface area contributed by atoms with E-state index >= 15 is 0 Å². The van der Waals surface area contributed by atoms with Gasteiger partial charge in [-0.25, -0.2) is 26.3 Å². The minimum absolute atomic E-state index is 0.0207. The summed E-state index contributed by atoms with van der Waals surface area (Å²) in [4.78, 5) is 28.5. The molecule has 6 rings (SSSR count). The fourth-order valence-corrected chi connectivity index (χ4v) is 13.8. The van der Waals surface area contributed by atoms with Crippen LogP contribution in [0.3, 0.4) is 0 Å². The van der Waals surface area contributed by atoms with Crippen molar-refractivity contribution in [3.05, 3.63) is 126 Å². The largest absolute Gasteiger partial charge is 0.379 e. The molecule has 2 unspecified atom stereocenters. The molecule has 0 fully saturated rings. The first-order valence-corrected chi connectivity index (χ1v) is 40.1. The van der Waals surface area contributed by atoms with Crippen LogP contribution < -0.4 is 20.1 Å². The van der Waals surface area contributed by atoms with Gasteiger partial charge in [0.1, 0.15) is 0 Å². The van der Waals surface area contributed by atoms with Gasteiger partial charge in [-0.1, -0.05) is 70.7 Å². The summed E-state index contributed by atoms with van der Waals surface area (Å²) in [6.45, 7) is 20.8. The molecule has 4 aromatic carbocycles. The lowest BCUT2D eigenvalue weighted by Crippen LogP contribution is -2.31. The van der Waals surface area contributed by atoms with Crippen molar-refractivity contribution in [3.63, 3.8) is 0 Å². The van der Waals surface area contributed by atoms with Crippen LogP contribution in [0.2, 0.25) is 20.1 Å². The first kappa shape index (κ1) is 91.7. The Morgan fingerprint density at radius 1 is 0.371 bits per heavy atom. The summed E-state index contributed by atoms with van der Waals surface area (Å²) in [6, 6.07) is 21.2. The summed E-state index contributed by atoms with van der Waals surface area (Å²) in [5, 5.41) is 7.99. The van der Waals surface area contributed by atoms with Gasteiger partial charge in [0, 0.05) is 110 Å². The number of nitrogens with one attached hydrogen (secondary N) is 4. The molecular weight excluding hydrogens is 1490 g/mol. The standard InChI is InChI=1S/C39H61Cl2N3O12S.C33H49Cl2N3O9S/c1-3-48-14-15-52-22-23-55-26-27-56-25-24-53-19-16-49-11-8-39(45)42-9-12-50-17-20-54-21-18-51-13-10-43-57(46,47)34-6-4-32(5-7-34)36-30-44(2)31-37-35(36)28-33(40)29-38(37)41;1-3-42-14-15-46-19-16-43-11-8-33(39)36-9-12-44-17-20-47-21-18-45-13-10-37-48(40,41)28-6-4-26(5-7-28)30-24-38(2)25-31-29(30)22-27(34)23-32(31)35/h4-7,28-29,36,43H,3,8-27,30-31H2,1-2H3,(H,42,45);4-7,22-23,30,37H,3,8-21,24-25H2,1-2H3,(H,36,39). The molecule has 2 aliphatic rings. The van der Waals surface area contributed by atoms with Gasteiger partial charge in [0.15, 0.2) is 0 Å². The second-order valence-electron chi connectivity index (χ2n) is 23.9.